The fourth-order valence-electron chi connectivity index (χ4n) is 2.97. The smallest absolute Gasteiger partial charge is 0.323 e. The van der Waals surface area contributed by atoms with E-state index in [2.05, 4.69) is 20.0 Å². The van der Waals surface area contributed by atoms with Gasteiger partial charge in [0.15, 0.2) is 17.0 Å². The van der Waals surface area contributed by atoms with Gasteiger partial charge in [-0.3, -0.25) is 13.9 Å². The van der Waals surface area contributed by atoms with Crippen LogP contribution >= 0.6 is 8.18 Å². The maximum Gasteiger partial charge on any atom is 0.323 e. The molecule has 33 heavy (non-hydrogen) atoms. The lowest BCUT2D eigenvalue weighted by Gasteiger charge is -2.27. The van der Waals surface area contributed by atoms with Crippen LogP contribution in [0.4, 0.5) is 10.3 Å². The van der Waals surface area contributed by atoms with E-state index in [4.69, 9.17) is 24.5 Å². The first-order valence-corrected chi connectivity index (χ1v) is 11.8. The largest absolute Gasteiger partial charge is 0.476 e. The van der Waals surface area contributed by atoms with Crippen LogP contribution in [0.2, 0.25) is 0 Å². The number of halogens is 1. The molecule has 1 unspecified atom stereocenters. The second-order valence-corrected chi connectivity index (χ2v) is 8.91. The summed E-state index contributed by atoms with van der Waals surface area (Å²) in [5.41, 5.74) is 6.18. The molecule has 0 aromatic carbocycles. The van der Waals surface area contributed by atoms with Crippen molar-refractivity contribution < 1.29 is 32.5 Å². The van der Waals surface area contributed by atoms with Gasteiger partial charge in [0.2, 0.25) is 11.8 Å². The molecular formula is C19H32FN6O6P. The van der Waals surface area contributed by atoms with Crippen LogP contribution in [-0.4, -0.2) is 64.1 Å². The van der Waals surface area contributed by atoms with Gasteiger partial charge in [-0.25, -0.2) is 14.5 Å². The zero-order valence-corrected chi connectivity index (χ0v) is 20.6. The number of hydrogen-bond acceptors (Lipinski definition) is 10. The fourth-order valence-corrected chi connectivity index (χ4v) is 3.87. The second kappa shape index (κ2) is 11.7. The molecule has 0 saturated heterocycles. The van der Waals surface area contributed by atoms with Gasteiger partial charge in [0.05, 0.1) is 31.7 Å². The van der Waals surface area contributed by atoms with Gasteiger partial charge >= 0.3 is 5.97 Å². The van der Waals surface area contributed by atoms with Crippen molar-refractivity contribution in [2.75, 3.05) is 26.1 Å². The molecule has 0 fully saturated rings. The minimum Gasteiger partial charge on any atom is -0.476 e. The Kier molecular flexibility index (Phi) is 9.53. The highest BCUT2D eigenvalue weighted by molar-refractivity contribution is 7.36. The number of nitrogens with zero attached hydrogens (tertiary/aromatic N) is 4. The fraction of sp³-hybridized carbons (Fsp3) is 0.684. The van der Waals surface area contributed by atoms with Crippen LogP contribution in [0, 0.1) is 0 Å². The van der Waals surface area contributed by atoms with Crippen molar-refractivity contribution in [2.24, 2.45) is 0 Å². The van der Waals surface area contributed by atoms with Crippen molar-refractivity contribution in [3.8, 4) is 5.88 Å². The number of carbonyl (C=O) groups excluding carboxylic acids is 1. The van der Waals surface area contributed by atoms with E-state index in [1.54, 1.807) is 20.8 Å². The second-order valence-electron chi connectivity index (χ2n) is 7.76. The number of esters is 1. The summed E-state index contributed by atoms with van der Waals surface area (Å²) in [6.45, 7) is 8.18. The molecule has 2 aromatic heterocycles. The molecule has 3 N–H and O–H groups in total. The predicted octanol–water partition coefficient (Wildman–Crippen LogP) is 2.19. The minimum absolute atomic E-state index is 0.0788. The van der Waals surface area contributed by atoms with E-state index < -0.39 is 32.1 Å². The van der Waals surface area contributed by atoms with Gasteiger partial charge in [-0.2, -0.15) is 9.97 Å². The first kappa shape index (κ1) is 26.9. The Hall–Kier alpha value is -2.34. The number of nitrogens with two attached hydrogens (primary N) is 1. The van der Waals surface area contributed by atoms with Crippen LogP contribution in [0.25, 0.3) is 11.2 Å². The summed E-state index contributed by atoms with van der Waals surface area (Å²) >= 11 is 0. The van der Waals surface area contributed by atoms with Gasteiger partial charge in [0.25, 0.3) is 8.18 Å². The molecule has 0 spiro atoms. The van der Waals surface area contributed by atoms with Crippen LogP contribution in [0.1, 0.15) is 41.0 Å². The van der Waals surface area contributed by atoms with Crippen molar-refractivity contribution in [1.82, 2.24) is 24.6 Å². The zero-order valence-electron chi connectivity index (χ0n) is 19.6. The number of nitrogens with one attached hydrogen (secondary N) is 1. The summed E-state index contributed by atoms with van der Waals surface area (Å²) in [6, 6.07) is -0.826. The van der Waals surface area contributed by atoms with Crippen LogP contribution < -0.4 is 15.6 Å². The molecule has 0 saturated carbocycles. The van der Waals surface area contributed by atoms with E-state index in [0.29, 0.717) is 6.61 Å². The number of aromatic nitrogens is 4. The molecule has 2 heterocycles. The monoisotopic (exact) mass is 490 g/mol. The molecule has 0 aliphatic heterocycles. The summed E-state index contributed by atoms with van der Waals surface area (Å²) < 4.78 is 50.2. The van der Waals surface area contributed by atoms with Gasteiger partial charge in [-0.15, -0.1) is 0 Å². The van der Waals surface area contributed by atoms with Crippen molar-refractivity contribution in [2.45, 2.75) is 65.1 Å². The lowest BCUT2D eigenvalue weighted by molar-refractivity contribution is -0.149. The van der Waals surface area contributed by atoms with Gasteiger partial charge in [0.1, 0.15) is 6.04 Å². The van der Waals surface area contributed by atoms with E-state index in [0.717, 1.165) is 0 Å². The average Bonchev–Trinajstić information content (AvgIpc) is 3.15. The number of nitrogen functional groups attached to an aromatic ring is 1. The Morgan fingerprint density at radius 3 is 2.67 bits per heavy atom. The number of ether oxygens (including phenoxy) is 3. The third-order valence-corrected chi connectivity index (χ3v) is 5.64. The van der Waals surface area contributed by atoms with E-state index in [1.165, 1.54) is 31.9 Å². The predicted molar refractivity (Wildman–Crippen MR) is 120 cm³/mol. The molecule has 0 amide bonds. The number of fused-ring (bicyclic) bond motifs is 1. The minimum atomic E-state index is -2.81. The molecule has 2 rings (SSSR count). The number of methoxy groups -OCH3 is 1. The molecule has 2 aromatic rings. The summed E-state index contributed by atoms with van der Waals surface area (Å²) in [4.78, 5) is 24.1. The van der Waals surface area contributed by atoms with E-state index >= 15 is 4.39 Å². The number of carbonyl (C=O) groups is 1. The number of rotatable bonds is 13. The Balaban J connectivity index is 2.05. The van der Waals surface area contributed by atoms with Gasteiger partial charge in [-0.1, -0.05) is 0 Å². The summed E-state index contributed by atoms with van der Waals surface area (Å²) in [5.74, 6) is -2.48. The number of hydrogen-bond donors (Lipinski definition) is 2. The number of imidazole rings is 1. The van der Waals surface area contributed by atoms with Crippen molar-refractivity contribution >= 4 is 31.3 Å². The lowest BCUT2D eigenvalue weighted by atomic mass is 10.1. The highest BCUT2D eigenvalue weighted by atomic mass is 31.1. The first-order chi connectivity index (χ1) is 15.5. The molecule has 14 heteroatoms. The van der Waals surface area contributed by atoms with Crippen LogP contribution in [0.15, 0.2) is 6.33 Å². The molecule has 0 bridgehead atoms. The molecule has 4 atom stereocenters. The van der Waals surface area contributed by atoms with Crippen LogP contribution in [0.5, 0.6) is 5.88 Å². The lowest BCUT2D eigenvalue weighted by Crippen LogP contribution is -2.34. The zero-order chi connectivity index (χ0) is 24.8. The van der Waals surface area contributed by atoms with Crippen LogP contribution in [0.3, 0.4) is 0 Å². The summed E-state index contributed by atoms with van der Waals surface area (Å²) in [6.07, 6.45) is 0.0377. The third-order valence-electron chi connectivity index (χ3n) is 4.54. The molecular weight excluding hydrogens is 458 g/mol. The standard InChI is InChI=1S/C19H32FN6O6P/c1-7-30-16-14-15(23-18(21)24-16)26(10-22-14)19(5,20)8-13(29-6)9-31-33(28)25-12(4)17(27)32-11(2)3/h10-13,33H,7-9H2,1-6H3,(H,25,28)(H2,21,23,24)/t12-,13+,19+/m1/s1. The highest BCUT2D eigenvalue weighted by Crippen LogP contribution is 2.32. The highest BCUT2D eigenvalue weighted by Gasteiger charge is 2.33. The molecule has 12 nitrogen and oxygen atoms in total. The molecule has 0 aliphatic carbocycles. The quantitative estimate of drug-likeness (QED) is 0.314. The van der Waals surface area contributed by atoms with Gasteiger partial charge < -0.3 is 24.5 Å². The molecule has 186 valence electrons. The molecule has 0 radical (unpaired) electrons. The Bertz CT molecular complexity index is 972. The topological polar surface area (TPSA) is 153 Å². The number of anilines is 1. The first-order valence-electron chi connectivity index (χ1n) is 10.5. The van der Waals surface area contributed by atoms with Gasteiger partial charge in [-0.05, 0) is 34.6 Å². The van der Waals surface area contributed by atoms with Crippen LogP contribution in [-0.2, 0) is 29.1 Å². The van der Waals surface area contributed by atoms with Crippen molar-refractivity contribution in [3.05, 3.63) is 6.33 Å². The normalized spacial score (nSPS) is 16.4. The Labute approximate surface area is 192 Å². The van der Waals surface area contributed by atoms with Crippen molar-refractivity contribution in [3.63, 3.8) is 0 Å². The summed E-state index contributed by atoms with van der Waals surface area (Å²) in [7, 11) is -1.42. The Morgan fingerprint density at radius 2 is 2.06 bits per heavy atom. The Morgan fingerprint density at radius 1 is 1.36 bits per heavy atom. The van der Waals surface area contributed by atoms with Crippen molar-refractivity contribution in [1.29, 1.82) is 0 Å². The van der Waals surface area contributed by atoms with E-state index in [9.17, 15) is 9.36 Å². The average molecular weight is 490 g/mol. The number of alkyl halides is 1. The third kappa shape index (κ3) is 7.32. The van der Waals surface area contributed by atoms with E-state index in [1.807, 2.05) is 0 Å². The maximum atomic E-state index is 15.7. The SMILES string of the molecule is CCOc1nc(N)nc2c1ncn2[C@](C)(F)C[C@@H](CO[PH](=O)N[C@H](C)C(=O)OC(C)C)OC. The summed E-state index contributed by atoms with van der Waals surface area (Å²) in [5, 5.41) is 2.54. The molecule has 0 aliphatic rings. The maximum absolute atomic E-state index is 15.7. The van der Waals surface area contributed by atoms with E-state index in [-0.39, 0.29) is 42.1 Å². The van der Waals surface area contributed by atoms with Gasteiger partial charge in [0, 0.05) is 13.5 Å².